The largest absolute Gasteiger partial charge is 0.444 e. The fourth-order valence-electron chi connectivity index (χ4n) is 3.05. The Morgan fingerprint density at radius 3 is 2.73 bits per heavy atom. The lowest BCUT2D eigenvalue weighted by Gasteiger charge is -2.34. The van der Waals surface area contributed by atoms with E-state index in [0.717, 1.165) is 12.8 Å². The number of carbonyl (C=O) groups is 2. The second-order valence-electron chi connectivity index (χ2n) is 7.74. The van der Waals surface area contributed by atoms with E-state index in [0.29, 0.717) is 36.4 Å². The van der Waals surface area contributed by atoms with Crippen LogP contribution < -0.4 is 5.32 Å². The molecule has 140 valence electrons. The van der Waals surface area contributed by atoms with Crippen molar-refractivity contribution in [2.45, 2.75) is 46.1 Å². The molecule has 6 nitrogen and oxygen atoms in total. The zero-order valence-electron chi connectivity index (χ0n) is 16.0. The fraction of sp³-hybridized carbons (Fsp3) is 0.550. The second-order valence-corrected chi connectivity index (χ2v) is 7.74. The van der Waals surface area contributed by atoms with E-state index in [1.165, 1.54) is 6.92 Å². The maximum Gasteiger partial charge on any atom is 0.410 e. The third kappa shape index (κ3) is 5.48. The summed E-state index contributed by atoms with van der Waals surface area (Å²) < 4.78 is 5.46. The second kappa shape index (κ2) is 8.22. The monoisotopic (exact) mass is 357 g/mol. The zero-order chi connectivity index (χ0) is 19.3. The van der Waals surface area contributed by atoms with Gasteiger partial charge in [0, 0.05) is 30.9 Å². The van der Waals surface area contributed by atoms with Crippen LogP contribution in [-0.4, -0.2) is 42.0 Å². The van der Waals surface area contributed by atoms with Crippen LogP contribution in [0.5, 0.6) is 0 Å². The molecule has 0 bridgehead atoms. The van der Waals surface area contributed by atoms with E-state index >= 15 is 0 Å². The molecule has 0 aliphatic carbocycles. The molecule has 1 saturated heterocycles. The van der Waals surface area contributed by atoms with Crippen LogP contribution >= 0.6 is 0 Å². The summed E-state index contributed by atoms with van der Waals surface area (Å²) in [6.45, 7) is 9.05. The highest BCUT2D eigenvalue weighted by Crippen LogP contribution is 2.22. The Balaban J connectivity index is 2.00. The first-order valence-corrected chi connectivity index (χ1v) is 8.96. The fourth-order valence-corrected chi connectivity index (χ4v) is 3.05. The Morgan fingerprint density at radius 1 is 1.38 bits per heavy atom. The Labute approximate surface area is 155 Å². The molecule has 1 heterocycles. The number of ether oxygens (including phenoxy) is 1. The number of Topliss-reactive ketones (excluding diaryl/α,β-unsaturated/α-hetero) is 1. The molecule has 1 aromatic carbocycles. The molecular weight excluding hydrogens is 330 g/mol. The molecule has 1 atom stereocenters. The molecule has 6 heteroatoms. The predicted octanol–water partition coefficient (Wildman–Crippen LogP) is 3.82. The number of nitrogens with one attached hydrogen (secondary N) is 1. The molecule has 0 saturated carbocycles. The minimum absolute atomic E-state index is 0.0454. The van der Waals surface area contributed by atoms with Crippen LogP contribution in [0.1, 0.15) is 56.5 Å². The topological polar surface area (TPSA) is 82.4 Å². The molecular formula is C20H27N3O3. The first kappa shape index (κ1) is 19.8. The van der Waals surface area contributed by atoms with Crippen molar-refractivity contribution >= 4 is 17.6 Å². The summed E-state index contributed by atoms with van der Waals surface area (Å²) in [6.07, 6.45) is 1.64. The van der Waals surface area contributed by atoms with Crippen molar-refractivity contribution < 1.29 is 14.3 Å². The Bertz CT molecular complexity index is 716. The van der Waals surface area contributed by atoms with E-state index in [1.54, 1.807) is 23.1 Å². The lowest BCUT2D eigenvalue weighted by atomic mass is 9.97. The van der Waals surface area contributed by atoms with Crippen molar-refractivity contribution in [1.82, 2.24) is 4.90 Å². The lowest BCUT2D eigenvalue weighted by Crippen LogP contribution is -2.44. The highest BCUT2D eigenvalue weighted by molar-refractivity contribution is 5.99. The third-order valence-corrected chi connectivity index (χ3v) is 4.28. The van der Waals surface area contributed by atoms with Crippen molar-refractivity contribution in [3.8, 4) is 6.07 Å². The van der Waals surface area contributed by atoms with Gasteiger partial charge in [-0.05, 0) is 64.7 Å². The quantitative estimate of drug-likeness (QED) is 0.828. The number of carbonyl (C=O) groups excluding carboxylic acids is 2. The highest BCUT2D eigenvalue weighted by atomic mass is 16.6. The average Bonchev–Trinajstić information content (AvgIpc) is 2.58. The third-order valence-electron chi connectivity index (χ3n) is 4.28. The van der Waals surface area contributed by atoms with Crippen molar-refractivity contribution in [2.24, 2.45) is 5.92 Å². The molecule has 1 fully saturated rings. The number of piperidine rings is 1. The SMILES string of the molecule is CC(=O)c1ccc(C#N)cc1NCC1CCCN(C(=O)OC(C)(C)C)C1. The summed E-state index contributed by atoms with van der Waals surface area (Å²) in [5, 5.41) is 12.4. The van der Waals surface area contributed by atoms with Gasteiger partial charge in [-0.2, -0.15) is 5.26 Å². The van der Waals surface area contributed by atoms with E-state index in [-0.39, 0.29) is 17.8 Å². The van der Waals surface area contributed by atoms with Crippen LogP contribution in [0.15, 0.2) is 18.2 Å². The van der Waals surface area contributed by atoms with Gasteiger partial charge in [-0.25, -0.2) is 4.79 Å². The van der Waals surface area contributed by atoms with Gasteiger partial charge < -0.3 is 15.0 Å². The van der Waals surface area contributed by atoms with Crippen LogP contribution in [0.2, 0.25) is 0 Å². The number of benzene rings is 1. The minimum Gasteiger partial charge on any atom is -0.444 e. The number of nitrogens with zero attached hydrogens (tertiary/aromatic N) is 2. The Hall–Kier alpha value is -2.55. The van der Waals surface area contributed by atoms with E-state index in [4.69, 9.17) is 10.00 Å². The maximum atomic E-state index is 12.3. The number of likely N-dealkylation sites (tertiary alicyclic amines) is 1. The van der Waals surface area contributed by atoms with Crippen molar-refractivity contribution in [2.75, 3.05) is 25.0 Å². The molecule has 2 rings (SSSR count). The summed E-state index contributed by atoms with van der Waals surface area (Å²) in [4.78, 5) is 25.8. The molecule has 1 unspecified atom stereocenters. The predicted molar refractivity (Wildman–Crippen MR) is 100 cm³/mol. The van der Waals surface area contributed by atoms with Gasteiger partial charge in [0.2, 0.25) is 0 Å². The number of anilines is 1. The molecule has 26 heavy (non-hydrogen) atoms. The Morgan fingerprint density at radius 2 is 2.12 bits per heavy atom. The van der Waals surface area contributed by atoms with Gasteiger partial charge in [0.25, 0.3) is 0 Å². The van der Waals surface area contributed by atoms with E-state index in [1.807, 2.05) is 20.8 Å². The van der Waals surface area contributed by atoms with Crippen molar-refractivity contribution in [3.05, 3.63) is 29.3 Å². The van der Waals surface area contributed by atoms with Crippen LogP contribution in [0, 0.1) is 17.2 Å². The van der Waals surface area contributed by atoms with Gasteiger partial charge in [-0.15, -0.1) is 0 Å². The number of ketones is 1. The van der Waals surface area contributed by atoms with Gasteiger partial charge in [-0.3, -0.25) is 4.79 Å². The Kier molecular flexibility index (Phi) is 6.25. The summed E-state index contributed by atoms with van der Waals surface area (Å²) in [7, 11) is 0. The van der Waals surface area contributed by atoms with Gasteiger partial charge in [0.1, 0.15) is 5.60 Å². The summed E-state index contributed by atoms with van der Waals surface area (Å²) in [6, 6.07) is 7.12. The number of hydrogen-bond acceptors (Lipinski definition) is 5. The van der Waals surface area contributed by atoms with Crippen LogP contribution in [-0.2, 0) is 4.74 Å². The molecule has 1 aliphatic rings. The maximum absolute atomic E-state index is 12.3. The molecule has 1 aliphatic heterocycles. The molecule has 0 aromatic heterocycles. The number of amides is 1. The molecule has 0 spiro atoms. The summed E-state index contributed by atoms with van der Waals surface area (Å²) in [5.74, 6) is 0.220. The molecule has 1 N–H and O–H groups in total. The lowest BCUT2D eigenvalue weighted by molar-refractivity contribution is 0.0172. The van der Waals surface area contributed by atoms with Gasteiger partial charge in [0.05, 0.1) is 11.6 Å². The normalized spacial score (nSPS) is 17.3. The standard InChI is InChI=1S/C20H27N3O3/c1-14(24)17-8-7-15(11-21)10-18(17)22-12-16-6-5-9-23(13-16)19(25)26-20(2,3)4/h7-8,10,16,22H,5-6,9,12-13H2,1-4H3. The first-order chi connectivity index (χ1) is 12.2. The molecule has 1 aromatic rings. The van der Waals surface area contributed by atoms with Crippen molar-refractivity contribution in [1.29, 1.82) is 5.26 Å². The van der Waals surface area contributed by atoms with E-state index in [2.05, 4.69) is 11.4 Å². The molecule has 1 amide bonds. The average molecular weight is 357 g/mol. The smallest absolute Gasteiger partial charge is 0.410 e. The summed E-state index contributed by atoms with van der Waals surface area (Å²) in [5.41, 5.74) is 1.25. The van der Waals surface area contributed by atoms with Crippen molar-refractivity contribution in [3.63, 3.8) is 0 Å². The minimum atomic E-state index is -0.504. The van der Waals surface area contributed by atoms with Crippen LogP contribution in [0.25, 0.3) is 0 Å². The summed E-state index contributed by atoms with van der Waals surface area (Å²) >= 11 is 0. The number of hydrogen-bond donors (Lipinski definition) is 1. The van der Waals surface area contributed by atoms with Gasteiger partial charge in [-0.1, -0.05) is 0 Å². The first-order valence-electron chi connectivity index (χ1n) is 8.96. The zero-order valence-corrected chi connectivity index (χ0v) is 16.0. The van der Waals surface area contributed by atoms with Gasteiger partial charge >= 0.3 is 6.09 Å². The van der Waals surface area contributed by atoms with Gasteiger partial charge in [0.15, 0.2) is 5.78 Å². The molecule has 0 radical (unpaired) electrons. The highest BCUT2D eigenvalue weighted by Gasteiger charge is 2.27. The van der Waals surface area contributed by atoms with E-state index < -0.39 is 5.60 Å². The number of nitriles is 1. The van der Waals surface area contributed by atoms with Crippen LogP contribution in [0.3, 0.4) is 0 Å². The number of rotatable bonds is 4. The van der Waals surface area contributed by atoms with Crippen LogP contribution in [0.4, 0.5) is 10.5 Å². The van der Waals surface area contributed by atoms with E-state index in [9.17, 15) is 9.59 Å².